The van der Waals surface area contributed by atoms with Gasteiger partial charge in [-0.25, -0.2) is 8.93 Å². The zero-order valence-electron chi connectivity index (χ0n) is 16.9. The maximum atomic E-state index is 12.5. The molecular weight excluding hydrogens is 374 g/mol. The van der Waals surface area contributed by atoms with Crippen molar-refractivity contribution >= 4 is 16.9 Å². The fourth-order valence-electron chi connectivity index (χ4n) is 4.51. The number of likely N-dealkylation sites (N-methyl/N-ethyl adjacent to an activating group) is 1. The Labute approximate surface area is 170 Å². The minimum Gasteiger partial charge on any atom is -0.357 e. The van der Waals surface area contributed by atoms with Crippen molar-refractivity contribution in [1.29, 1.82) is 0 Å². The number of nitrogens with one attached hydrogen (secondary N) is 1. The van der Waals surface area contributed by atoms with Gasteiger partial charge in [-0.15, -0.1) is 0 Å². The van der Waals surface area contributed by atoms with Gasteiger partial charge < -0.3 is 14.5 Å². The average molecular weight is 406 g/mol. The van der Waals surface area contributed by atoms with Gasteiger partial charge in [-0.05, 0) is 63.8 Å². The molecule has 1 saturated carbocycles. The van der Waals surface area contributed by atoms with Crippen LogP contribution in [0.15, 0.2) is 29.2 Å². The quantitative estimate of drug-likeness (QED) is 0.783. The van der Waals surface area contributed by atoms with Crippen molar-refractivity contribution < 1.29 is 13.7 Å². The van der Waals surface area contributed by atoms with Crippen LogP contribution < -0.4 is 4.72 Å². The fraction of sp³-hybridized carbons (Fsp3) is 0.667. The molecule has 1 N–H and O–H groups in total. The molecule has 0 bridgehead atoms. The van der Waals surface area contributed by atoms with Crippen LogP contribution in [0.25, 0.3) is 0 Å². The normalized spacial score (nSPS) is 24.6. The van der Waals surface area contributed by atoms with Gasteiger partial charge in [-0.3, -0.25) is 4.79 Å². The van der Waals surface area contributed by atoms with Crippen LogP contribution in [0.2, 0.25) is 0 Å². The standard InChI is InChI=1S/C21H31N3O3S/c1-3-24-16-20(27-21(9-10-21)19(24)25)11-14-23(15-12-20)13-8-17-4-6-18(7-5-17)28(26)22-2/h4-7,22H,3,8-16H2,1-2H3. The van der Waals surface area contributed by atoms with Crippen LogP contribution in [0.4, 0.5) is 0 Å². The second-order valence-electron chi connectivity index (χ2n) is 8.31. The third kappa shape index (κ3) is 3.90. The Morgan fingerprint density at radius 1 is 1.14 bits per heavy atom. The van der Waals surface area contributed by atoms with Gasteiger partial charge in [0.1, 0.15) is 16.6 Å². The van der Waals surface area contributed by atoms with E-state index in [-0.39, 0.29) is 11.5 Å². The Kier molecular flexibility index (Phi) is 5.62. The van der Waals surface area contributed by atoms with E-state index in [1.54, 1.807) is 7.05 Å². The highest BCUT2D eigenvalue weighted by atomic mass is 32.2. The summed E-state index contributed by atoms with van der Waals surface area (Å²) in [6.45, 7) is 6.66. The van der Waals surface area contributed by atoms with Crippen LogP contribution in [0.3, 0.4) is 0 Å². The van der Waals surface area contributed by atoms with E-state index in [2.05, 4.69) is 28.7 Å². The van der Waals surface area contributed by atoms with Crippen molar-refractivity contribution in [2.45, 2.75) is 55.1 Å². The molecule has 0 radical (unpaired) electrons. The van der Waals surface area contributed by atoms with Gasteiger partial charge in [-0.1, -0.05) is 12.1 Å². The Morgan fingerprint density at radius 3 is 2.39 bits per heavy atom. The summed E-state index contributed by atoms with van der Waals surface area (Å²) in [5.74, 6) is 0.214. The molecule has 3 aliphatic rings. The molecule has 2 aliphatic heterocycles. The third-order valence-electron chi connectivity index (χ3n) is 6.46. The monoisotopic (exact) mass is 405 g/mol. The number of carbonyl (C=O) groups is 1. The van der Waals surface area contributed by atoms with Crippen molar-refractivity contribution in [3.8, 4) is 0 Å². The molecule has 2 saturated heterocycles. The van der Waals surface area contributed by atoms with Crippen LogP contribution in [0.1, 0.15) is 38.2 Å². The minimum atomic E-state index is -1.12. The zero-order valence-corrected chi connectivity index (χ0v) is 17.7. The lowest BCUT2D eigenvalue weighted by molar-refractivity contribution is -0.200. The predicted molar refractivity (Wildman–Crippen MR) is 109 cm³/mol. The molecule has 3 fully saturated rings. The van der Waals surface area contributed by atoms with Gasteiger partial charge >= 0.3 is 0 Å². The van der Waals surface area contributed by atoms with Crippen LogP contribution in [-0.2, 0) is 26.9 Å². The topological polar surface area (TPSA) is 61.9 Å². The summed E-state index contributed by atoms with van der Waals surface area (Å²) < 4.78 is 21.0. The van der Waals surface area contributed by atoms with Gasteiger partial charge in [0.15, 0.2) is 0 Å². The number of rotatable bonds is 6. The van der Waals surface area contributed by atoms with E-state index < -0.39 is 16.6 Å². The molecule has 2 spiro atoms. The van der Waals surface area contributed by atoms with Crippen LogP contribution >= 0.6 is 0 Å². The molecule has 28 heavy (non-hydrogen) atoms. The van der Waals surface area contributed by atoms with Crippen molar-refractivity contribution in [2.24, 2.45) is 0 Å². The number of morpholine rings is 1. The van der Waals surface area contributed by atoms with Crippen molar-refractivity contribution in [3.63, 3.8) is 0 Å². The lowest BCUT2D eigenvalue weighted by Crippen LogP contribution is -2.62. The molecule has 2 heterocycles. The number of benzene rings is 1. The summed E-state index contributed by atoms with van der Waals surface area (Å²) >= 11 is 0. The van der Waals surface area contributed by atoms with Crippen LogP contribution in [0.5, 0.6) is 0 Å². The van der Waals surface area contributed by atoms with E-state index in [4.69, 9.17) is 4.74 Å². The lowest BCUT2D eigenvalue weighted by Gasteiger charge is -2.50. The first-order valence-electron chi connectivity index (χ1n) is 10.4. The summed E-state index contributed by atoms with van der Waals surface area (Å²) in [6.07, 6.45) is 4.77. The number of ether oxygens (including phenoxy) is 1. The summed E-state index contributed by atoms with van der Waals surface area (Å²) in [7, 11) is 0.575. The first kappa shape index (κ1) is 20.0. The third-order valence-corrected chi connectivity index (χ3v) is 7.53. The van der Waals surface area contributed by atoms with Gasteiger partial charge in [0.05, 0.1) is 10.5 Å². The van der Waals surface area contributed by atoms with Gasteiger partial charge in [0, 0.05) is 32.7 Å². The van der Waals surface area contributed by atoms with E-state index in [0.717, 1.165) is 69.7 Å². The molecule has 1 aliphatic carbocycles. The molecule has 0 aromatic heterocycles. The summed E-state index contributed by atoms with van der Waals surface area (Å²) in [4.78, 5) is 17.9. The maximum absolute atomic E-state index is 12.5. The number of hydrogen-bond acceptors (Lipinski definition) is 4. The van der Waals surface area contributed by atoms with E-state index in [9.17, 15) is 9.00 Å². The van der Waals surface area contributed by atoms with Crippen molar-refractivity contribution in [3.05, 3.63) is 29.8 Å². The van der Waals surface area contributed by atoms with E-state index in [1.807, 2.05) is 17.0 Å². The molecule has 7 heteroatoms. The average Bonchev–Trinajstić information content (AvgIpc) is 3.50. The van der Waals surface area contributed by atoms with Crippen molar-refractivity contribution in [2.75, 3.05) is 39.8 Å². The number of nitrogens with zero attached hydrogens (tertiary/aromatic N) is 2. The molecule has 1 amide bonds. The van der Waals surface area contributed by atoms with Gasteiger partial charge in [0.2, 0.25) is 0 Å². The highest BCUT2D eigenvalue weighted by molar-refractivity contribution is 7.83. The molecule has 1 aromatic carbocycles. The summed E-state index contributed by atoms with van der Waals surface area (Å²) in [5.41, 5.74) is 0.646. The number of likely N-dealkylation sites (tertiary alicyclic amines) is 1. The van der Waals surface area contributed by atoms with Crippen LogP contribution in [0, 0.1) is 0 Å². The Hall–Kier alpha value is -1.28. The minimum absolute atomic E-state index is 0.143. The zero-order chi connectivity index (χ0) is 19.8. The Balaban J connectivity index is 1.30. The highest BCUT2D eigenvalue weighted by Gasteiger charge is 2.61. The SMILES string of the molecule is CCN1CC2(CCN(CCc3ccc(S(=O)NC)cc3)CC2)OC2(CC2)C1=O. The van der Waals surface area contributed by atoms with Crippen molar-refractivity contribution in [1.82, 2.24) is 14.5 Å². The number of carbonyl (C=O) groups excluding carboxylic acids is 1. The molecule has 6 nitrogen and oxygen atoms in total. The predicted octanol–water partition coefficient (Wildman–Crippen LogP) is 1.72. The molecule has 1 unspecified atom stereocenters. The number of piperidine rings is 1. The molecule has 1 atom stereocenters. The molecule has 154 valence electrons. The smallest absolute Gasteiger partial charge is 0.254 e. The Morgan fingerprint density at radius 2 is 1.82 bits per heavy atom. The van der Waals surface area contributed by atoms with E-state index >= 15 is 0 Å². The molecule has 4 rings (SSSR count). The largest absolute Gasteiger partial charge is 0.357 e. The second kappa shape index (κ2) is 7.86. The highest BCUT2D eigenvalue weighted by Crippen LogP contribution is 2.49. The first-order chi connectivity index (χ1) is 13.5. The summed E-state index contributed by atoms with van der Waals surface area (Å²) in [5, 5.41) is 0. The number of hydrogen-bond donors (Lipinski definition) is 1. The van der Waals surface area contributed by atoms with Crippen LogP contribution in [-0.4, -0.2) is 70.9 Å². The first-order valence-corrected chi connectivity index (χ1v) is 11.5. The molecular formula is C21H31N3O3S. The van der Waals surface area contributed by atoms with Gasteiger partial charge in [0.25, 0.3) is 5.91 Å². The fourth-order valence-corrected chi connectivity index (χ4v) is 5.13. The summed E-state index contributed by atoms with van der Waals surface area (Å²) in [6, 6.07) is 8.02. The lowest BCUT2D eigenvalue weighted by atomic mass is 9.87. The van der Waals surface area contributed by atoms with Gasteiger partial charge in [-0.2, -0.15) is 0 Å². The maximum Gasteiger partial charge on any atom is 0.254 e. The Bertz CT molecular complexity index is 740. The number of amides is 1. The van der Waals surface area contributed by atoms with E-state index in [0.29, 0.717) is 0 Å². The van der Waals surface area contributed by atoms with E-state index in [1.165, 1.54) is 5.56 Å². The molecule has 1 aromatic rings. The second-order valence-corrected chi connectivity index (χ2v) is 9.72.